The zero-order chi connectivity index (χ0) is 57.0. The zero-order valence-corrected chi connectivity index (χ0v) is 43.1. The number of benzene rings is 8. The standard InChI is InChI=1S/C44H33N9O20S5/c1-72-25-7-11-29(32(18-25)74(57,58)59)48-52-40-36(78(69,70)71)16-22-13-23(6-9-27(22)42(40)54)46-50-31-10-4-21-15-34(76(63,64)65)39(38(45)37(21)44(31)56)51-47-24-5-3-20-14-35(77(66,67)68)41(43(55)28(20)17-24)53-49-30-12-8-26(73-2)19-33(30)75(60,61)62/h3-19,54-56H,45H2,1-2H3,(H,57,58,59)(H,60,61,62)(H,63,64,65)(H,66,67,68)(H,69,70,71). The van der Waals surface area contributed by atoms with Crippen molar-refractivity contribution in [3.05, 3.63) is 103 Å². The highest BCUT2D eigenvalue weighted by Gasteiger charge is 2.27. The molecule has 404 valence electrons. The minimum absolute atomic E-state index is 0.00433. The molecule has 0 bridgehead atoms. The van der Waals surface area contributed by atoms with Crippen LogP contribution < -0.4 is 15.2 Å². The maximum Gasteiger partial charge on any atom is 0.296 e. The maximum absolute atomic E-state index is 12.7. The third-order valence-corrected chi connectivity index (χ3v) is 15.4. The summed E-state index contributed by atoms with van der Waals surface area (Å²) in [5, 5.41) is 63.8. The Morgan fingerprint density at radius 2 is 0.769 bits per heavy atom. The van der Waals surface area contributed by atoms with Gasteiger partial charge in [-0.25, -0.2) is 0 Å². The smallest absolute Gasteiger partial charge is 0.296 e. The van der Waals surface area contributed by atoms with Crippen LogP contribution in [0.3, 0.4) is 0 Å². The Morgan fingerprint density at radius 3 is 1.28 bits per heavy atom. The van der Waals surface area contributed by atoms with Crippen molar-refractivity contribution in [2.45, 2.75) is 24.5 Å². The number of anilines is 1. The summed E-state index contributed by atoms with van der Waals surface area (Å²) in [5.41, 5.74) is 1.66. The first-order valence-electron chi connectivity index (χ1n) is 21.0. The van der Waals surface area contributed by atoms with E-state index in [9.17, 15) is 80.2 Å². The van der Waals surface area contributed by atoms with Gasteiger partial charge in [0.15, 0.2) is 17.2 Å². The number of methoxy groups -OCH3 is 2. The first-order chi connectivity index (χ1) is 36.4. The lowest BCUT2D eigenvalue weighted by Gasteiger charge is -2.12. The van der Waals surface area contributed by atoms with Crippen LogP contribution in [0.4, 0.5) is 51.2 Å². The quantitative estimate of drug-likeness (QED) is 0.0262. The minimum atomic E-state index is -5.20. The van der Waals surface area contributed by atoms with Gasteiger partial charge in [-0.1, -0.05) is 12.1 Å². The van der Waals surface area contributed by atoms with E-state index < -0.39 is 126 Å². The first kappa shape index (κ1) is 55.5. The lowest BCUT2D eigenvalue weighted by atomic mass is 10.1. The molecule has 0 amide bonds. The van der Waals surface area contributed by atoms with Crippen molar-refractivity contribution in [1.82, 2.24) is 0 Å². The van der Waals surface area contributed by atoms with E-state index in [4.69, 9.17) is 15.2 Å². The molecule has 0 saturated carbocycles. The van der Waals surface area contributed by atoms with Gasteiger partial charge in [-0.15, -0.1) is 30.7 Å². The molecule has 0 aromatic heterocycles. The number of hydrogen-bond donors (Lipinski definition) is 9. The fourth-order valence-electron chi connectivity index (χ4n) is 7.47. The van der Waals surface area contributed by atoms with Crippen LogP contribution in [0.25, 0.3) is 32.3 Å². The fraction of sp³-hybridized carbons (Fsp3) is 0.0455. The Morgan fingerprint density at radius 1 is 0.372 bits per heavy atom. The molecule has 0 unspecified atom stereocenters. The molecule has 8 aromatic carbocycles. The molecule has 0 saturated heterocycles. The van der Waals surface area contributed by atoms with Crippen LogP contribution in [0.15, 0.2) is 169 Å². The second kappa shape index (κ2) is 20.3. The highest BCUT2D eigenvalue weighted by atomic mass is 32.2. The van der Waals surface area contributed by atoms with Gasteiger partial charge >= 0.3 is 0 Å². The van der Waals surface area contributed by atoms with Crippen LogP contribution in [0.2, 0.25) is 0 Å². The molecule has 0 aliphatic rings. The Balaban J connectivity index is 1.16. The molecule has 10 N–H and O–H groups in total. The number of hydrogen-bond acceptors (Lipinski definition) is 24. The van der Waals surface area contributed by atoms with Crippen molar-refractivity contribution in [3.63, 3.8) is 0 Å². The van der Waals surface area contributed by atoms with E-state index in [0.29, 0.717) is 0 Å². The number of nitrogens with two attached hydrogens (primary N) is 1. The van der Waals surface area contributed by atoms with Crippen LogP contribution in [-0.2, 0) is 50.6 Å². The van der Waals surface area contributed by atoms with Crippen LogP contribution in [0.1, 0.15) is 0 Å². The van der Waals surface area contributed by atoms with Crippen LogP contribution in [0, 0.1) is 0 Å². The van der Waals surface area contributed by atoms with E-state index in [0.717, 1.165) is 48.5 Å². The van der Waals surface area contributed by atoms with Crippen molar-refractivity contribution in [3.8, 4) is 28.7 Å². The summed E-state index contributed by atoms with van der Waals surface area (Å²) in [6, 6.07) is 18.5. The van der Waals surface area contributed by atoms with Gasteiger partial charge in [0.25, 0.3) is 50.6 Å². The summed E-state index contributed by atoms with van der Waals surface area (Å²) in [6.07, 6.45) is 0. The number of nitrogens with zero attached hydrogens (tertiary/aromatic N) is 8. The normalized spacial score (nSPS) is 13.1. The van der Waals surface area contributed by atoms with Gasteiger partial charge in [0, 0.05) is 22.9 Å². The summed E-state index contributed by atoms with van der Waals surface area (Å²) in [6.45, 7) is 0. The molecular weight excluding hydrogens is 1130 g/mol. The molecule has 0 fully saturated rings. The second-order valence-electron chi connectivity index (χ2n) is 16.0. The number of phenols is 3. The summed E-state index contributed by atoms with van der Waals surface area (Å²) in [5.74, 6) is -2.59. The molecule has 0 atom stereocenters. The molecule has 8 aromatic rings. The van der Waals surface area contributed by atoms with Gasteiger partial charge < -0.3 is 30.5 Å². The molecule has 8 rings (SSSR count). The number of fused-ring (bicyclic) bond motifs is 3. The third kappa shape index (κ3) is 11.2. The van der Waals surface area contributed by atoms with Crippen molar-refractivity contribution >= 4 is 134 Å². The van der Waals surface area contributed by atoms with Gasteiger partial charge in [-0.05, 0) is 95.0 Å². The minimum Gasteiger partial charge on any atom is -0.505 e. The largest absolute Gasteiger partial charge is 0.505 e. The summed E-state index contributed by atoms with van der Waals surface area (Å²) in [4.78, 5) is -4.52. The first-order valence-corrected chi connectivity index (χ1v) is 28.2. The molecule has 0 spiro atoms. The van der Waals surface area contributed by atoms with Crippen molar-refractivity contribution < 1.29 is 89.6 Å². The van der Waals surface area contributed by atoms with Crippen LogP contribution in [-0.4, -0.2) is 94.4 Å². The Labute approximate surface area is 438 Å². The lowest BCUT2D eigenvalue weighted by molar-refractivity contribution is 0.412. The number of rotatable bonds is 15. The van der Waals surface area contributed by atoms with E-state index in [1.54, 1.807) is 0 Å². The number of ether oxygens (including phenoxy) is 2. The molecule has 0 aliphatic heterocycles. The molecular formula is C44H33N9O20S5. The Bertz CT molecular complexity index is 4620. The average molecular weight is 1170 g/mol. The summed E-state index contributed by atoms with van der Waals surface area (Å²) < 4.78 is 183. The SMILES string of the molecule is COc1ccc(N=Nc2c(S(=O)(=O)O)cc3cc(N=Nc4ccc5cc(S(=O)(=O)O)c(N=Nc6ccc7cc(S(=O)(=O)O)c(N=Nc8ccc(OC)cc8S(=O)(=O)O)c(O)c7c6)c(N)c5c4O)ccc3c2O)c(S(=O)(=O)O)c1. The van der Waals surface area contributed by atoms with E-state index >= 15 is 0 Å². The van der Waals surface area contributed by atoms with E-state index in [1.165, 1.54) is 68.8 Å². The van der Waals surface area contributed by atoms with E-state index in [-0.39, 0.29) is 60.9 Å². The van der Waals surface area contributed by atoms with E-state index in [1.807, 2.05) is 0 Å². The van der Waals surface area contributed by atoms with Gasteiger partial charge in [-0.3, -0.25) is 22.8 Å². The van der Waals surface area contributed by atoms with E-state index in [2.05, 4.69) is 40.9 Å². The topological polar surface area (TPSA) is 476 Å². The maximum atomic E-state index is 12.7. The predicted octanol–water partition coefficient (Wildman–Crippen LogP) is 9.76. The Hall–Kier alpha value is -8.71. The summed E-state index contributed by atoms with van der Waals surface area (Å²) >= 11 is 0. The highest BCUT2D eigenvalue weighted by Crippen LogP contribution is 2.48. The fourth-order valence-corrected chi connectivity index (χ4v) is 10.7. The van der Waals surface area contributed by atoms with Gasteiger partial charge in [-0.2, -0.15) is 52.3 Å². The summed E-state index contributed by atoms with van der Waals surface area (Å²) in [7, 11) is -23.1. The van der Waals surface area contributed by atoms with Crippen molar-refractivity contribution in [1.29, 1.82) is 0 Å². The molecule has 0 heterocycles. The number of nitrogen functional groups attached to an aromatic ring is 1. The molecule has 0 aliphatic carbocycles. The molecule has 78 heavy (non-hydrogen) atoms. The zero-order valence-electron chi connectivity index (χ0n) is 39.0. The third-order valence-electron chi connectivity index (χ3n) is 11.1. The van der Waals surface area contributed by atoms with Gasteiger partial charge in [0.2, 0.25) is 0 Å². The van der Waals surface area contributed by atoms with Crippen LogP contribution in [0.5, 0.6) is 28.7 Å². The molecule has 29 nitrogen and oxygen atoms in total. The highest BCUT2D eigenvalue weighted by molar-refractivity contribution is 7.87. The number of azo groups is 4. The monoisotopic (exact) mass is 1170 g/mol. The molecule has 0 radical (unpaired) electrons. The number of phenolic OH excluding ortho intramolecular Hbond substituents is 3. The Kier molecular flexibility index (Phi) is 14.5. The lowest BCUT2D eigenvalue weighted by Crippen LogP contribution is -2.01. The van der Waals surface area contributed by atoms with Gasteiger partial charge in [0.1, 0.15) is 70.1 Å². The van der Waals surface area contributed by atoms with Gasteiger partial charge in [0.05, 0.1) is 36.7 Å². The number of aromatic hydroxyl groups is 3. The average Bonchev–Trinajstić information content (AvgIpc) is 3.45. The van der Waals surface area contributed by atoms with Crippen molar-refractivity contribution in [2.75, 3.05) is 20.0 Å². The van der Waals surface area contributed by atoms with Crippen molar-refractivity contribution in [2.24, 2.45) is 40.9 Å². The molecule has 34 heteroatoms. The van der Waals surface area contributed by atoms with Crippen LogP contribution >= 0.6 is 0 Å². The predicted molar refractivity (Wildman–Crippen MR) is 273 cm³/mol. The second-order valence-corrected chi connectivity index (χ2v) is 22.9.